The van der Waals surface area contributed by atoms with Crippen molar-refractivity contribution < 1.29 is 18.3 Å². The molecule has 8 heteroatoms. The molecule has 0 aromatic heterocycles. The lowest BCUT2D eigenvalue weighted by molar-refractivity contribution is -0.0504. The van der Waals surface area contributed by atoms with Gasteiger partial charge in [0.15, 0.2) is 5.96 Å². The molecule has 130 valence electrons. The highest BCUT2D eigenvalue weighted by molar-refractivity contribution is 7.99. The standard InChI is InChI=1S/C15H23F2N3O2S/c1-10(23-4)8-19-15(18-2)20-9-11-7-12(21-3)5-6-13(11)22-14(16)17/h5-7,10,14H,8-9H2,1-4H3,(H2,18,19,20). The number of aliphatic imine (C=N–C) groups is 1. The van der Waals surface area contributed by atoms with Gasteiger partial charge < -0.3 is 20.1 Å². The van der Waals surface area contributed by atoms with Crippen LogP contribution in [0.3, 0.4) is 0 Å². The van der Waals surface area contributed by atoms with E-state index in [9.17, 15) is 8.78 Å². The van der Waals surface area contributed by atoms with E-state index in [2.05, 4.69) is 27.3 Å². The average molecular weight is 347 g/mol. The van der Waals surface area contributed by atoms with Crippen molar-refractivity contribution >= 4 is 17.7 Å². The predicted molar refractivity (Wildman–Crippen MR) is 90.8 cm³/mol. The summed E-state index contributed by atoms with van der Waals surface area (Å²) in [6, 6.07) is 4.70. The largest absolute Gasteiger partial charge is 0.497 e. The van der Waals surface area contributed by atoms with Gasteiger partial charge in [-0.3, -0.25) is 4.99 Å². The van der Waals surface area contributed by atoms with Gasteiger partial charge in [-0.15, -0.1) is 0 Å². The lowest BCUT2D eigenvalue weighted by Crippen LogP contribution is -2.39. The van der Waals surface area contributed by atoms with Crippen LogP contribution in [0.1, 0.15) is 12.5 Å². The maximum absolute atomic E-state index is 12.5. The molecular formula is C15H23F2N3O2S. The van der Waals surface area contributed by atoms with Crippen LogP contribution in [0.25, 0.3) is 0 Å². The number of nitrogens with one attached hydrogen (secondary N) is 2. The molecule has 0 heterocycles. The molecule has 1 aromatic rings. The zero-order valence-corrected chi connectivity index (χ0v) is 14.5. The fraction of sp³-hybridized carbons (Fsp3) is 0.533. The van der Waals surface area contributed by atoms with Crippen molar-refractivity contribution in [3.05, 3.63) is 23.8 Å². The molecule has 1 aromatic carbocycles. The number of nitrogens with zero attached hydrogens (tertiary/aromatic N) is 1. The summed E-state index contributed by atoms with van der Waals surface area (Å²) in [5, 5.41) is 6.69. The van der Waals surface area contributed by atoms with Crippen molar-refractivity contribution in [2.24, 2.45) is 4.99 Å². The zero-order valence-electron chi connectivity index (χ0n) is 13.7. The van der Waals surface area contributed by atoms with E-state index >= 15 is 0 Å². The number of hydrogen-bond acceptors (Lipinski definition) is 4. The van der Waals surface area contributed by atoms with Gasteiger partial charge in [0.2, 0.25) is 0 Å². The van der Waals surface area contributed by atoms with Gasteiger partial charge in [0, 0.05) is 31.0 Å². The van der Waals surface area contributed by atoms with Crippen LogP contribution in [0, 0.1) is 0 Å². The Labute approximate surface area is 139 Å². The van der Waals surface area contributed by atoms with E-state index in [1.165, 1.54) is 13.2 Å². The summed E-state index contributed by atoms with van der Waals surface area (Å²) < 4.78 is 34.6. The van der Waals surface area contributed by atoms with Crippen molar-refractivity contribution in [3.8, 4) is 11.5 Å². The number of halogens is 2. The third-order valence-corrected chi connectivity index (χ3v) is 4.08. The smallest absolute Gasteiger partial charge is 0.387 e. The monoisotopic (exact) mass is 347 g/mol. The molecule has 0 aliphatic heterocycles. The molecule has 0 saturated heterocycles. The van der Waals surface area contributed by atoms with Crippen molar-refractivity contribution in [2.75, 3.05) is 27.0 Å². The van der Waals surface area contributed by atoms with Crippen LogP contribution in [-0.4, -0.2) is 44.8 Å². The highest BCUT2D eigenvalue weighted by Crippen LogP contribution is 2.25. The van der Waals surface area contributed by atoms with Crippen LogP contribution in [0.2, 0.25) is 0 Å². The molecular weight excluding hydrogens is 324 g/mol. The summed E-state index contributed by atoms with van der Waals surface area (Å²) in [6.07, 6.45) is 2.03. The second-order valence-electron chi connectivity index (χ2n) is 4.71. The first-order valence-corrected chi connectivity index (χ1v) is 8.38. The summed E-state index contributed by atoms with van der Waals surface area (Å²) in [5.41, 5.74) is 0.561. The number of alkyl halides is 2. The summed E-state index contributed by atoms with van der Waals surface area (Å²) in [5.74, 6) is 1.28. The fourth-order valence-electron chi connectivity index (χ4n) is 1.76. The molecule has 1 rings (SSSR count). The van der Waals surface area contributed by atoms with Gasteiger partial charge in [0.05, 0.1) is 7.11 Å². The SMILES string of the molecule is CN=C(NCc1cc(OC)ccc1OC(F)F)NCC(C)SC. The number of methoxy groups -OCH3 is 1. The minimum absolute atomic E-state index is 0.112. The van der Waals surface area contributed by atoms with E-state index in [4.69, 9.17) is 4.74 Å². The highest BCUT2D eigenvalue weighted by atomic mass is 32.2. The molecule has 0 aliphatic rings. The van der Waals surface area contributed by atoms with Gasteiger partial charge in [-0.05, 0) is 24.5 Å². The molecule has 5 nitrogen and oxygen atoms in total. The molecule has 0 fully saturated rings. The van der Waals surface area contributed by atoms with Gasteiger partial charge in [-0.25, -0.2) is 0 Å². The molecule has 0 amide bonds. The lowest BCUT2D eigenvalue weighted by atomic mass is 10.2. The van der Waals surface area contributed by atoms with E-state index in [-0.39, 0.29) is 12.3 Å². The Morgan fingerprint density at radius 1 is 1.35 bits per heavy atom. The first kappa shape index (κ1) is 19.3. The number of ether oxygens (including phenoxy) is 2. The summed E-state index contributed by atoms with van der Waals surface area (Å²) in [4.78, 5) is 4.11. The number of hydrogen-bond donors (Lipinski definition) is 2. The number of benzene rings is 1. The maximum Gasteiger partial charge on any atom is 0.387 e. The van der Waals surface area contributed by atoms with Gasteiger partial charge in [-0.1, -0.05) is 6.92 Å². The maximum atomic E-state index is 12.5. The number of thioether (sulfide) groups is 1. The van der Waals surface area contributed by atoms with Crippen LogP contribution in [0.5, 0.6) is 11.5 Å². The summed E-state index contributed by atoms with van der Waals surface area (Å²) in [7, 11) is 3.17. The van der Waals surface area contributed by atoms with Gasteiger partial charge in [0.1, 0.15) is 11.5 Å². The molecule has 0 spiro atoms. The van der Waals surface area contributed by atoms with Crippen LogP contribution in [0.4, 0.5) is 8.78 Å². The van der Waals surface area contributed by atoms with E-state index in [0.717, 1.165) is 6.54 Å². The summed E-state index contributed by atoms with van der Waals surface area (Å²) >= 11 is 1.74. The van der Waals surface area contributed by atoms with Crippen LogP contribution in [-0.2, 0) is 6.54 Å². The molecule has 0 aliphatic carbocycles. The van der Waals surface area contributed by atoms with Crippen molar-refractivity contribution in [1.29, 1.82) is 0 Å². The predicted octanol–water partition coefficient (Wildman–Crippen LogP) is 2.71. The molecule has 0 bridgehead atoms. The molecule has 1 atom stereocenters. The first-order chi connectivity index (χ1) is 11.0. The highest BCUT2D eigenvalue weighted by Gasteiger charge is 2.11. The quantitative estimate of drug-likeness (QED) is 0.559. The third-order valence-electron chi connectivity index (χ3n) is 3.11. The number of guanidine groups is 1. The van der Waals surface area contributed by atoms with Crippen LogP contribution >= 0.6 is 11.8 Å². The van der Waals surface area contributed by atoms with Gasteiger partial charge in [0.25, 0.3) is 0 Å². The normalized spacial score (nSPS) is 12.9. The van der Waals surface area contributed by atoms with Crippen molar-refractivity contribution in [2.45, 2.75) is 25.3 Å². The Morgan fingerprint density at radius 2 is 2.09 bits per heavy atom. The summed E-state index contributed by atoms with van der Waals surface area (Å²) in [6.45, 7) is 0.259. The Hall–Kier alpha value is -1.70. The van der Waals surface area contributed by atoms with Crippen molar-refractivity contribution in [1.82, 2.24) is 10.6 Å². The lowest BCUT2D eigenvalue weighted by Gasteiger charge is -2.16. The Morgan fingerprint density at radius 3 is 2.65 bits per heavy atom. The van der Waals surface area contributed by atoms with E-state index in [0.29, 0.717) is 22.5 Å². The van der Waals surface area contributed by atoms with Gasteiger partial charge in [-0.2, -0.15) is 20.5 Å². The molecule has 23 heavy (non-hydrogen) atoms. The minimum atomic E-state index is -2.87. The topological polar surface area (TPSA) is 54.9 Å². The second-order valence-corrected chi connectivity index (χ2v) is 5.98. The van der Waals surface area contributed by atoms with E-state index < -0.39 is 6.61 Å². The average Bonchev–Trinajstić information content (AvgIpc) is 2.55. The first-order valence-electron chi connectivity index (χ1n) is 7.09. The Kier molecular flexibility index (Phi) is 8.53. The molecule has 2 N–H and O–H groups in total. The Balaban J connectivity index is 2.73. The zero-order chi connectivity index (χ0) is 17.2. The second kappa shape index (κ2) is 10.1. The number of rotatable bonds is 8. The van der Waals surface area contributed by atoms with Gasteiger partial charge >= 0.3 is 6.61 Å². The molecule has 1 unspecified atom stereocenters. The van der Waals surface area contributed by atoms with Crippen LogP contribution < -0.4 is 20.1 Å². The van der Waals surface area contributed by atoms with E-state index in [1.807, 2.05) is 6.26 Å². The Bertz CT molecular complexity index is 515. The fourth-order valence-corrected chi connectivity index (χ4v) is 2.01. The third kappa shape index (κ3) is 6.94. The van der Waals surface area contributed by atoms with Crippen molar-refractivity contribution in [3.63, 3.8) is 0 Å². The minimum Gasteiger partial charge on any atom is -0.497 e. The van der Waals surface area contributed by atoms with Crippen LogP contribution in [0.15, 0.2) is 23.2 Å². The molecule has 0 radical (unpaired) electrons. The molecule has 0 saturated carbocycles. The van der Waals surface area contributed by atoms with E-state index in [1.54, 1.807) is 30.9 Å².